The number of benzene rings is 2. The smallest absolute Gasteiger partial charge is 0.132 e. The molecule has 0 aliphatic carbocycles. The maximum atomic E-state index is 13.0. The Bertz CT molecular complexity index is 866. The number of hydrogen-bond donors (Lipinski definition) is 2. The Morgan fingerprint density at radius 1 is 0.889 bits per heavy atom. The van der Waals surface area contributed by atoms with Gasteiger partial charge in [0, 0.05) is 19.2 Å². The summed E-state index contributed by atoms with van der Waals surface area (Å²) in [6.07, 6.45) is 0.880. The van der Waals surface area contributed by atoms with Gasteiger partial charge >= 0.3 is 0 Å². The highest BCUT2D eigenvalue weighted by molar-refractivity contribution is 5.48. The standard InChI is InChI=1S/C21H23FN4O/c1-15-25-20(23-12-11-16-5-9-19(27-2)10-6-16)13-21(26-15)24-14-17-3-7-18(22)8-4-17/h3-10,13H,11-12,14H2,1-2H3,(H2,23,24,25,26). The van der Waals surface area contributed by atoms with E-state index in [0.717, 1.165) is 35.9 Å². The van der Waals surface area contributed by atoms with Crippen LogP contribution < -0.4 is 15.4 Å². The van der Waals surface area contributed by atoms with E-state index in [9.17, 15) is 4.39 Å². The van der Waals surface area contributed by atoms with Crippen molar-refractivity contribution < 1.29 is 9.13 Å². The van der Waals surface area contributed by atoms with Gasteiger partial charge in [0.25, 0.3) is 0 Å². The Labute approximate surface area is 158 Å². The fourth-order valence-corrected chi connectivity index (χ4v) is 2.67. The lowest BCUT2D eigenvalue weighted by molar-refractivity contribution is 0.414. The van der Waals surface area contributed by atoms with Crippen molar-refractivity contribution in [2.45, 2.75) is 19.9 Å². The molecule has 0 saturated heterocycles. The molecular weight excluding hydrogens is 343 g/mol. The van der Waals surface area contributed by atoms with Gasteiger partial charge in [0.1, 0.15) is 29.0 Å². The van der Waals surface area contributed by atoms with Crippen LogP contribution in [0, 0.1) is 12.7 Å². The molecule has 1 heterocycles. The third kappa shape index (κ3) is 5.67. The summed E-state index contributed by atoms with van der Waals surface area (Å²) in [7, 11) is 1.66. The van der Waals surface area contributed by atoms with Crippen LogP contribution in [0.1, 0.15) is 17.0 Å². The summed E-state index contributed by atoms with van der Waals surface area (Å²) in [5.41, 5.74) is 2.21. The molecule has 0 aliphatic rings. The second kappa shape index (κ2) is 8.98. The Morgan fingerprint density at radius 3 is 2.19 bits per heavy atom. The topological polar surface area (TPSA) is 59.1 Å². The van der Waals surface area contributed by atoms with Gasteiger partial charge in [-0.15, -0.1) is 0 Å². The molecule has 1 aromatic heterocycles. The number of nitrogens with zero attached hydrogens (tertiary/aromatic N) is 2. The van der Waals surface area contributed by atoms with Crippen molar-refractivity contribution in [1.29, 1.82) is 0 Å². The van der Waals surface area contributed by atoms with Crippen LogP contribution in [-0.4, -0.2) is 23.6 Å². The van der Waals surface area contributed by atoms with Gasteiger partial charge in [-0.3, -0.25) is 0 Å². The molecule has 27 heavy (non-hydrogen) atoms. The highest BCUT2D eigenvalue weighted by Gasteiger charge is 2.03. The molecule has 6 heteroatoms. The highest BCUT2D eigenvalue weighted by atomic mass is 19.1. The Kier molecular flexibility index (Phi) is 6.20. The van der Waals surface area contributed by atoms with Crippen LogP contribution in [-0.2, 0) is 13.0 Å². The summed E-state index contributed by atoms with van der Waals surface area (Å²) >= 11 is 0. The number of rotatable bonds is 8. The van der Waals surface area contributed by atoms with Crippen LogP contribution in [0.4, 0.5) is 16.0 Å². The molecule has 0 bridgehead atoms. The van der Waals surface area contributed by atoms with E-state index in [4.69, 9.17) is 4.74 Å². The lowest BCUT2D eigenvalue weighted by Gasteiger charge is -2.11. The summed E-state index contributed by atoms with van der Waals surface area (Å²) in [5.74, 6) is 2.82. The monoisotopic (exact) mass is 366 g/mol. The van der Waals surface area contributed by atoms with E-state index in [2.05, 4.69) is 32.7 Å². The van der Waals surface area contributed by atoms with Gasteiger partial charge in [0.05, 0.1) is 7.11 Å². The summed E-state index contributed by atoms with van der Waals surface area (Å²) in [6, 6.07) is 16.3. The molecule has 0 spiro atoms. The second-order valence-electron chi connectivity index (χ2n) is 6.19. The van der Waals surface area contributed by atoms with Crippen molar-refractivity contribution in [2.75, 3.05) is 24.3 Å². The molecule has 3 rings (SSSR count). The van der Waals surface area contributed by atoms with E-state index in [1.165, 1.54) is 17.7 Å². The van der Waals surface area contributed by atoms with Crippen molar-refractivity contribution in [3.63, 3.8) is 0 Å². The Morgan fingerprint density at radius 2 is 1.52 bits per heavy atom. The summed E-state index contributed by atoms with van der Waals surface area (Å²) in [4.78, 5) is 8.83. The first-order valence-electron chi connectivity index (χ1n) is 8.83. The quantitative estimate of drug-likeness (QED) is 0.626. The van der Waals surface area contributed by atoms with Gasteiger partial charge in [0.2, 0.25) is 0 Å². The number of methoxy groups -OCH3 is 1. The van der Waals surface area contributed by atoms with Crippen LogP contribution in [0.15, 0.2) is 54.6 Å². The molecule has 0 atom stereocenters. The SMILES string of the molecule is COc1ccc(CCNc2cc(NCc3ccc(F)cc3)nc(C)n2)cc1. The average Bonchev–Trinajstić information content (AvgIpc) is 2.68. The molecule has 0 fully saturated rings. The fraction of sp³-hybridized carbons (Fsp3) is 0.238. The van der Waals surface area contributed by atoms with Gasteiger partial charge in [-0.05, 0) is 48.7 Å². The molecule has 2 N–H and O–H groups in total. The van der Waals surface area contributed by atoms with Crippen LogP contribution in [0.5, 0.6) is 5.75 Å². The third-order valence-corrected chi connectivity index (χ3v) is 4.10. The van der Waals surface area contributed by atoms with Crippen molar-refractivity contribution in [2.24, 2.45) is 0 Å². The van der Waals surface area contributed by atoms with Crippen molar-refractivity contribution >= 4 is 11.6 Å². The summed E-state index contributed by atoms with van der Waals surface area (Å²) in [6.45, 7) is 3.19. The predicted octanol–water partition coefficient (Wildman–Crippen LogP) is 4.20. The molecule has 0 amide bonds. The minimum absolute atomic E-state index is 0.236. The minimum Gasteiger partial charge on any atom is -0.497 e. The van der Waals surface area contributed by atoms with Gasteiger partial charge < -0.3 is 15.4 Å². The van der Waals surface area contributed by atoms with Gasteiger partial charge in [-0.25, -0.2) is 14.4 Å². The maximum absolute atomic E-state index is 13.0. The summed E-state index contributed by atoms with van der Waals surface area (Å²) in [5, 5.41) is 6.59. The first-order valence-corrected chi connectivity index (χ1v) is 8.83. The number of halogens is 1. The van der Waals surface area contributed by atoms with E-state index < -0.39 is 0 Å². The Balaban J connectivity index is 1.55. The average molecular weight is 366 g/mol. The summed E-state index contributed by atoms with van der Waals surface area (Å²) < 4.78 is 18.2. The zero-order chi connectivity index (χ0) is 19.1. The van der Waals surface area contributed by atoms with E-state index >= 15 is 0 Å². The van der Waals surface area contributed by atoms with Crippen LogP contribution >= 0.6 is 0 Å². The molecule has 0 radical (unpaired) electrons. The number of aryl methyl sites for hydroxylation is 1. The van der Waals surface area contributed by atoms with Crippen molar-refractivity contribution in [3.05, 3.63) is 77.4 Å². The number of anilines is 2. The second-order valence-corrected chi connectivity index (χ2v) is 6.19. The first kappa shape index (κ1) is 18.6. The van der Waals surface area contributed by atoms with Crippen LogP contribution in [0.2, 0.25) is 0 Å². The van der Waals surface area contributed by atoms with E-state index in [1.807, 2.05) is 25.1 Å². The molecule has 140 valence electrons. The molecule has 2 aromatic carbocycles. The largest absolute Gasteiger partial charge is 0.497 e. The van der Waals surface area contributed by atoms with E-state index in [0.29, 0.717) is 12.4 Å². The Hall–Kier alpha value is -3.15. The van der Waals surface area contributed by atoms with E-state index in [-0.39, 0.29) is 5.82 Å². The van der Waals surface area contributed by atoms with E-state index in [1.54, 1.807) is 19.2 Å². The molecule has 0 aliphatic heterocycles. The lowest BCUT2D eigenvalue weighted by Crippen LogP contribution is -2.09. The molecule has 3 aromatic rings. The van der Waals surface area contributed by atoms with Gasteiger partial charge in [0.15, 0.2) is 0 Å². The van der Waals surface area contributed by atoms with Gasteiger partial charge in [-0.2, -0.15) is 0 Å². The highest BCUT2D eigenvalue weighted by Crippen LogP contribution is 2.14. The minimum atomic E-state index is -0.236. The molecule has 0 saturated carbocycles. The zero-order valence-corrected chi connectivity index (χ0v) is 15.5. The zero-order valence-electron chi connectivity index (χ0n) is 15.5. The molecule has 0 unspecified atom stereocenters. The first-order chi connectivity index (χ1) is 13.1. The number of nitrogens with one attached hydrogen (secondary N) is 2. The number of ether oxygens (including phenoxy) is 1. The molecule has 5 nitrogen and oxygen atoms in total. The van der Waals surface area contributed by atoms with Crippen molar-refractivity contribution in [1.82, 2.24) is 9.97 Å². The van der Waals surface area contributed by atoms with Crippen molar-refractivity contribution in [3.8, 4) is 5.75 Å². The normalized spacial score (nSPS) is 10.5. The lowest BCUT2D eigenvalue weighted by atomic mass is 10.1. The molecular formula is C21H23FN4O. The third-order valence-electron chi connectivity index (χ3n) is 4.10. The maximum Gasteiger partial charge on any atom is 0.132 e. The number of aromatic nitrogens is 2. The number of hydrogen-bond acceptors (Lipinski definition) is 5. The predicted molar refractivity (Wildman–Crippen MR) is 106 cm³/mol. The fourth-order valence-electron chi connectivity index (χ4n) is 2.67. The van der Waals surface area contributed by atoms with Gasteiger partial charge in [-0.1, -0.05) is 24.3 Å². The van der Waals surface area contributed by atoms with Crippen LogP contribution in [0.25, 0.3) is 0 Å². The van der Waals surface area contributed by atoms with Crippen LogP contribution in [0.3, 0.4) is 0 Å².